The molecular weight excluding hydrogens is 429 g/mol. The minimum atomic E-state index is -1.52. The van der Waals surface area contributed by atoms with Gasteiger partial charge in [0.25, 0.3) is 0 Å². The third-order valence-corrected chi connectivity index (χ3v) is 3.85. The summed E-state index contributed by atoms with van der Waals surface area (Å²) in [7, 11) is 0. The first-order valence-electron chi connectivity index (χ1n) is 7.45. The van der Waals surface area contributed by atoms with Crippen LogP contribution in [0.4, 0.5) is 0 Å². The van der Waals surface area contributed by atoms with E-state index in [0.717, 1.165) is 19.3 Å². The van der Waals surface area contributed by atoms with Crippen molar-refractivity contribution in [3.63, 3.8) is 0 Å². The number of aliphatic carboxylic acids is 1. The number of carboxylic acids is 1. The number of nitrogens with two attached hydrogens (primary N) is 1. The van der Waals surface area contributed by atoms with Crippen LogP contribution in [0.2, 0.25) is 0 Å². The Kier molecular flexibility index (Phi) is 22.0. The fourth-order valence-corrected chi connectivity index (χ4v) is 2.59. The largest absolute Gasteiger partial charge is 2.00 e. The molecule has 0 aliphatic carbocycles. The molecule has 0 heterocycles. The van der Waals surface area contributed by atoms with Gasteiger partial charge in [-0.3, -0.25) is 9.59 Å². The number of nitrogens with one attached hydrogen (secondary N) is 1. The first kappa shape index (κ1) is 30.4. The molecule has 3 atom stereocenters. The third kappa shape index (κ3) is 15.4. The molecule has 0 spiro atoms. The normalized spacial score (nSPS) is 13.4. The Bertz CT molecular complexity index is 407. The molecule has 0 aromatic carbocycles. The number of amides is 1. The molecule has 3 unspecified atom stereocenters. The molecule has 7 nitrogen and oxygen atoms in total. The van der Waals surface area contributed by atoms with Crippen molar-refractivity contribution in [3.8, 4) is 0 Å². The summed E-state index contributed by atoms with van der Waals surface area (Å²) in [6.07, 6.45) is 2.06. The zero-order valence-corrected chi connectivity index (χ0v) is 21.4. The number of ether oxygens (including phenoxy) is 1. The number of carbonyl (C=O) groups is 3. The Morgan fingerprint density at radius 3 is 2.32 bits per heavy atom. The van der Waals surface area contributed by atoms with Crippen LogP contribution in [-0.4, -0.2) is 47.5 Å². The third-order valence-electron chi connectivity index (χ3n) is 3.14. The van der Waals surface area contributed by atoms with Crippen molar-refractivity contribution in [1.82, 2.24) is 5.32 Å². The zero-order chi connectivity index (χ0) is 17.8. The standard InChI is InChI=1S/C14H26N2O5S2.Na.Zn/c1-9(21-12(18)8-15)13(14(19)20)16-11(17)5-3-2-4-10(23)6-7-22;;/h9-10,13,22-23H,2-8,15H2,1H3,(H,16,17)(H,19,20);;/q;+1;+2/p-3. The molecule has 0 aromatic rings. The fraction of sp³-hybridized carbons (Fsp3) is 0.786. The second-order valence-electron chi connectivity index (χ2n) is 5.12. The van der Waals surface area contributed by atoms with E-state index < -0.39 is 30.0 Å². The minimum Gasteiger partial charge on any atom is -0.793 e. The van der Waals surface area contributed by atoms with E-state index in [0.29, 0.717) is 12.2 Å². The van der Waals surface area contributed by atoms with Gasteiger partial charge in [-0.15, -0.1) is 0 Å². The Hall–Kier alpha value is 0.693. The molecule has 0 rings (SSSR count). The van der Waals surface area contributed by atoms with Crippen LogP contribution >= 0.6 is 0 Å². The second kappa shape index (κ2) is 18.1. The Labute approximate surface area is 194 Å². The summed E-state index contributed by atoms with van der Waals surface area (Å²) in [5.41, 5.74) is 5.08. The number of hydrogen-bond acceptors (Lipinski definition) is 8. The average molecular weight is 452 g/mol. The van der Waals surface area contributed by atoms with Crippen molar-refractivity contribution in [1.29, 1.82) is 0 Å². The molecule has 0 saturated heterocycles. The number of carboxylic acid groups (broad SMARTS) is 1. The predicted octanol–water partition coefficient (Wildman–Crippen LogP) is -4.47. The first-order valence-corrected chi connectivity index (χ1v) is 8.50. The number of esters is 1. The molecule has 0 aromatic heterocycles. The monoisotopic (exact) mass is 450 g/mol. The molecule has 0 bridgehead atoms. The molecular formula is C14H23N2NaO5S2Zn. The van der Waals surface area contributed by atoms with E-state index >= 15 is 0 Å². The average Bonchev–Trinajstić information content (AvgIpc) is 2.48. The van der Waals surface area contributed by atoms with Gasteiger partial charge in [0.2, 0.25) is 5.91 Å². The van der Waals surface area contributed by atoms with Gasteiger partial charge in [-0.25, -0.2) is 0 Å². The van der Waals surface area contributed by atoms with Crippen molar-refractivity contribution in [2.75, 3.05) is 12.3 Å². The summed E-state index contributed by atoms with van der Waals surface area (Å²) in [5, 5.41) is 13.5. The molecule has 0 fully saturated rings. The van der Waals surface area contributed by atoms with Crippen LogP contribution in [0.1, 0.15) is 39.0 Å². The van der Waals surface area contributed by atoms with Crippen LogP contribution in [0.15, 0.2) is 0 Å². The van der Waals surface area contributed by atoms with Gasteiger partial charge in [-0.2, -0.15) is 11.0 Å². The van der Waals surface area contributed by atoms with Crippen molar-refractivity contribution in [2.45, 2.75) is 56.4 Å². The van der Waals surface area contributed by atoms with Gasteiger partial charge in [-0.1, -0.05) is 19.3 Å². The SMILES string of the molecule is CC(OC(=O)CN)C(NC(=O)CCCCC([S-])CC[S-])C(=O)[O-].[Na+].[Zn+2]. The van der Waals surface area contributed by atoms with Crippen LogP contribution in [-0.2, 0) is 63.9 Å². The van der Waals surface area contributed by atoms with Gasteiger partial charge in [0.15, 0.2) is 0 Å². The number of rotatable bonds is 12. The zero-order valence-electron chi connectivity index (χ0n) is 14.8. The molecule has 3 N–H and O–H groups in total. The summed E-state index contributed by atoms with van der Waals surface area (Å²) in [6, 6.07) is -1.41. The van der Waals surface area contributed by atoms with E-state index in [9.17, 15) is 19.5 Å². The van der Waals surface area contributed by atoms with Crippen LogP contribution < -0.4 is 45.7 Å². The molecule has 134 valence electrons. The summed E-state index contributed by atoms with van der Waals surface area (Å²) < 4.78 is 4.78. The van der Waals surface area contributed by atoms with Gasteiger partial charge in [0, 0.05) is 6.42 Å². The predicted molar refractivity (Wildman–Crippen MR) is 88.0 cm³/mol. The molecule has 0 aliphatic heterocycles. The summed E-state index contributed by atoms with van der Waals surface area (Å²) in [6.45, 7) is 0.982. The van der Waals surface area contributed by atoms with Crippen molar-refractivity contribution < 1.29 is 73.3 Å². The topological polar surface area (TPSA) is 122 Å². The van der Waals surface area contributed by atoms with Crippen molar-refractivity contribution in [2.24, 2.45) is 5.73 Å². The van der Waals surface area contributed by atoms with E-state index in [1.165, 1.54) is 6.92 Å². The van der Waals surface area contributed by atoms with Crippen LogP contribution in [0.3, 0.4) is 0 Å². The first-order chi connectivity index (χ1) is 10.8. The number of carbonyl (C=O) groups excluding carboxylic acids is 3. The maximum Gasteiger partial charge on any atom is 2.00 e. The van der Waals surface area contributed by atoms with Crippen LogP contribution in [0, 0.1) is 0 Å². The van der Waals surface area contributed by atoms with Crippen molar-refractivity contribution in [3.05, 3.63) is 0 Å². The van der Waals surface area contributed by atoms with Crippen molar-refractivity contribution >= 4 is 43.1 Å². The molecule has 0 aliphatic rings. The fourth-order valence-electron chi connectivity index (χ4n) is 1.87. The maximum absolute atomic E-state index is 11.8. The second-order valence-corrected chi connectivity index (χ2v) is 6.20. The Balaban J connectivity index is -0.00000242. The minimum absolute atomic E-state index is 0. The van der Waals surface area contributed by atoms with Gasteiger partial charge in [0.05, 0.1) is 12.5 Å². The molecule has 0 radical (unpaired) electrons. The van der Waals surface area contributed by atoms with Crippen LogP contribution in [0.25, 0.3) is 0 Å². The van der Waals surface area contributed by atoms with E-state index in [-0.39, 0.29) is 67.3 Å². The van der Waals surface area contributed by atoms with Gasteiger partial charge < -0.3 is 50.9 Å². The van der Waals surface area contributed by atoms with E-state index in [4.69, 9.17) is 35.7 Å². The molecule has 25 heavy (non-hydrogen) atoms. The van der Waals surface area contributed by atoms with Gasteiger partial charge in [0.1, 0.15) is 12.1 Å². The van der Waals surface area contributed by atoms with E-state index in [2.05, 4.69) is 5.32 Å². The van der Waals surface area contributed by atoms with Gasteiger partial charge >= 0.3 is 55.0 Å². The van der Waals surface area contributed by atoms with Crippen LogP contribution in [0.5, 0.6) is 0 Å². The molecule has 0 saturated carbocycles. The Morgan fingerprint density at radius 2 is 1.84 bits per heavy atom. The quantitative estimate of drug-likeness (QED) is 0.132. The van der Waals surface area contributed by atoms with E-state index in [1.807, 2.05) is 0 Å². The number of hydrogen-bond donors (Lipinski definition) is 2. The summed E-state index contributed by atoms with van der Waals surface area (Å²) in [5.74, 6) is -2.09. The maximum atomic E-state index is 11.8. The molecule has 11 heteroatoms. The summed E-state index contributed by atoms with van der Waals surface area (Å²) >= 11 is 10.0. The van der Waals surface area contributed by atoms with Gasteiger partial charge in [-0.05, 0) is 13.3 Å². The Morgan fingerprint density at radius 1 is 1.24 bits per heavy atom. The molecule has 1 amide bonds. The smallest absolute Gasteiger partial charge is 0.793 e. The van der Waals surface area contributed by atoms with E-state index in [1.54, 1.807) is 0 Å². The summed E-state index contributed by atoms with van der Waals surface area (Å²) in [4.78, 5) is 33.9. The number of unbranched alkanes of at least 4 members (excludes halogenated alkanes) is 1.